The first kappa shape index (κ1) is 16.0. The van der Waals surface area contributed by atoms with Crippen molar-refractivity contribution in [3.8, 4) is 16.6 Å². The summed E-state index contributed by atoms with van der Waals surface area (Å²) in [5.74, 6) is -0.987. The summed E-state index contributed by atoms with van der Waals surface area (Å²) in [6.07, 6.45) is 3.25. The number of hydrogen-bond acceptors (Lipinski definition) is 7. The minimum Gasteiger partial charge on any atom is -0.472 e. The lowest BCUT2D eigenvalue weighted by Crippen LogP contribution is -2.17. The van der Waals surface area contributed by atoms with Gasteiger partial charge in [0.25, 0.3) is 0 Å². The average Bonchev–Trinajstić information content (AvgIpc) is 3.17. The summed E-state index contributed by atoms with van der Waals surface area (Å²) < 4.78 is 5.04. The number of aryl methyl sites for hydroxylation is 2. The highest BCUT2D eigenvalue weighted by atomic mass is 32.1. The van der Waals surface area contributed by atoms with E-state index < -0.39 is 5.92 Å². The maximum absolute atomic E-state index is 12.5. The number of rotatable bonds is 5. The van der Waals surface area contributed by atoms with Crippen LogP contribution >= 0.6 is 11.3 Å². The Morgan fingerprint density at radius 3 is 2.71 bits per heavy atom. The second kappa shape index (κ2) is 6.72. The molecule has 0 fully saturated rings. The van der Waals surface area contributed by atoms with E-state index >= 15 is 0 Å². The van der Waals surface area contributed by atoms with Crippen LogP contribution in [0.5, 0.6) is 0 Å². The molecule has 3 aromatic heterocycles. The van der Waals surface area contributed by atoms with Crippen LogP contribution in [-0.2, 0) is 11.2 Å². The van der Waals surface area contributed by atoms with E-state index in [4.69, 9.17) is 4.42 Å². The molecule has 0 aliphatic carbocycles. The first-order valence-electron chi connectivity index (χ1n) is 7.28. The molecule has 120 valence electrons. The molecule has 3 heterocycles. The lowest BCUT2D eigenvalue weighted by atomic mass is 10.0. The van der Waals surface area contributed by atoms with Crippen LogP contribution in [-0.4, -0.2) is 20.7 Å². The Kier molecular flexibility index (Phi) is 4.49. The number of carbonyl (C=O) groups is 1. The molecule has 3 rings (SSSR count). The first-order chi connectivity index (χ1) is 11.6. The van der Waals surface area contributed by atoms with Crippen LogP contribution < -0.4 is 0 Å². The molecule has 0 radical (unpaired) electrons. The van der Waals surface area contributed by atoms with Crippen LogP contribution in [0.1, 0.15) is 28.8 Å². The molecule has 6 nitrogen and oxygen atoms in total. The van der Waals surface area contributed by atoms with Gasteiger partial charge in [0.1, 0.15) is 11.3 Å². The maximum atomic E-state index is 12.5. The van der Waals surface area contributed by atoms with Gasteiger partial charge >= 0.3 is 0 Å². The van der Waals surface area contributed by atoms with E-state index in [1.807, 2.05) is 31.4 Å². The molecule has 1 atom stereocenters. The van der Waals surface area contributed by atoms with Gasteiger partial charge in [-0.25, -0.2) is 15.0 Å². The third kappa shape index (κ3) is 3.39. The fourth-order valence-corrected chi connectivity index (χ4v) is 3.15. The van der Waals surface area contributed by atoms with Crippen LogP contribution in [0.2, 0.25) is 0 Å². The number of Topliss-reactive ketones (excluding diaryl/α,β-unsaturated/α-hetero) is 1. The van der Waals surface area contributed by atoms with Crippen molar-refractivity contribution >= 4 is 17.1 Å². The topological polar surface area (TPSA) is 92.7 Å². The zero-order chi connectivity index (χ0) is 17.1. The Hall–Kier alpha value is -2.85. The van der Waals surface area contributed by atoms with Crippen LogP contribution in [0.3, 0.4) is 0 Å². The van der Waals surface area contributed by atoms with Crippen molar-refractivity contribution in [1.82, 2.24) is 15.0 Å². The van der Waals surface area contributed by atoms with Gasteiger partial charge in [0.15, 0.2) is 17.5 Å². The molecule has 0 amide bonds. The zero-order valence-electron chi connectivity index (χ0n) is 13.2. The van der Waals surface area contributed by atoms with Gasteiger partial charge in [0.05, 0.1) is 24.4 Å². The average molecular weight is 338 g/mol. The Bertz CT molecular complexity index is 889. The molecule has 0 aliphatic heterocycles. The van der Waals surface area contributed by atoms with E-state index in [0.29, 0.717) is 5.69 Å². The van der Waals surface area contributed by atoms with E-state index in [0.717, 1.165) is 22.0 Å². The summed E-state index contributed by atoms with van der Waals surface area (Å²) in [5.41, 5.74) is 2.97. The number of nitriles is 1. The Morgan fingerprint density at radius 2 is 2.08 bits per heavy atom. The highest BCUT2D eigenvalue weighted by Crippen LogP contribution is 2.25. The van der Waals surface area contributed by atoms with Crippen molar-refractivity contribution in [3.63, 3.8) is 0 Å². The summed E-state index contributed by atoms with van der Waals surface area (Å²) in [6.45, 7) is 3.63. The number of thiazole rings is 1. The third-order valence-electron chi connectivity index (χ3n) is 3.38. The zero-order valence-corrected chi connectivity index (χ0v) is 14.0. The summed E-state index contributed by atoms with van der Waals surface area (Å²) in [7, 11) is 0. The van der Waals surface area contributed by atoms with Crippen LogP contribution in [0.15, 0.2) is 34.5 Å². The molecule has 0 aliphatic rings. The van der Waals surface area contributed by atoms with Crippen molar-refractivity contribution in [2.45, 2.75) is 26.2 Å². The van der Waals surface area contributed by atoms with Gasteiger partial charge in [-0.3, -0.25) is 4.79 Å². The molecule has 0 bridgehead atoms. The van der Waals surface area contributed by atoms with Gasteiger partial charge in [-0.05, 0) is 26.0 Å². The molecule has 0 aromatic carbocycles. The van der Waals surface area contributed by atoms with E-state index in [9.17, 15) is 10.1 Å². The third-order valence-corrected chi connectivity index (χ3v) is 4.32. The predicted molar refractivity (Wildman–Crippen MR) is 88.4 cm³/mol. The van der Waals surface area contributed by atoms with Crippen molar-refractivity contribution < 1.29 is 9.21 Å². The van der Waals surface area contributed by atoms with Gasteiger partial charge < -0.3 is 4.42 Å². The van der Waals surface area contributed by atoms with Crippen LogP contribution in [0.4, 0.5) is 0 Å². The molecule has 0 unspecified atom stereocenters. The number of furan rings is 1. The van der Waals surface area contributed by atoms with Crippen molar-refractivity contribution in [2.75, 3.05) is 0 Å². The largest absolute Gasteiger partial charge is 0.472 e. The van der Waals surface area contributed by atoms with Gasteiger partial charge in [0, 0.05) is 22.3 Å². The highest BCUT2D eigenvalue weighted by Gasteiger charge is 2.24. The lowest BCUT2D eigenvalue weighted by molar-refractivity contribution is -0.118. The van der Waals surface area contributed by atoms with Gasteiger partial charge in [-0.15, -0.1) is 11.3 Å². The first-order valence-corrected chi connectivity index (χ1v) is 8.16. The van der Waals surface area contributed by atoms with Gasteiger partial charge in [-0.1, -0.05) is 0 Å². The Balaban J connectivity index is 1.79. The second-order valence-electron chi connectivity index (χ2n) is 5.37. The summed E-state index contributed by atoms with van der Waals surface area (Å²) in [4.78, 5) is 25.4. The molecule has 0 spiro atoms. The summed E-state index contributed by atoms with van der Waals surface area (Å²) in [6, 6.07) is 5.63. The molecule has 24 heavy (non-hydrogen) atoms. The van der Waals surface area contributed by atoms with E-state index in [1.54, 1.807) is 18.6 Å². The fraction of sp³-hybridized carbons (Fsp3) is 0.235. The van der Waals surface area contributed by atoms with Crippen LogP contribution in [0, 0.1) is 25.2 Å². The number of aromatic nitrogens is 3. The molecule has 0 N–H and O–H groups in total. The number of ketones is 1. The molecule has 7 heteroatoms. The normalized spacial score (nSPS) is 11.9. The number of hydrogen-bond donors (Lipinski definition) is 0. The van der Waals surface area contributed by atoms with Crippen molar-refractivity contribution in [1.29, 1.82) is 5.26 Å². The smallest absolute Gasteiger partial charge is 0.164 e. The second-order valence-corrected chi connectivity index (χ2v) is 6.23. The van der Waals surface area contributed by atoms with Crippen molar-refractivity contribution in [2.24, 2.45) is 0 Å². The van der Waals surface area contributed by atoms with Crippen LogP contribution in [0.25, 0.3) is 10.6 Å². The SMILES string of the molecule is Cc1cc(C)nc([C@@H](C#N)C(=O)Cc2csc(-c3ccoc3)n2)n1. The Labute approximate surface area is 142 Å². The van der Waals surface area contributed by atoms with Gasteiger partial charge in [-0.2, -0.15) is 5.26 Å². The number of nitrogens with zero attached hydrogens (tertiary/aromatic N) is 4. The van der Waals surface area contributed by atoms with E-state index in [2.05, 4.69) is 15.0 Å². The number of carbonyl (C=O) groups excluding carboxylic acids is 1. The molecule has 0 saturated carbocycles. The summed E-state index contributed by atoms with van der Waals surface area (Å²) >= 11 is 1.43. The molecule has 3 aromatic rings. The quantitative estimate of drug-likeness (QED) is 0.709. The highest BCUT2D eigenvalue weighted by molar-refractivity contribution is 7.13. The predicted octanol–water partition coefficient (Wildman–Crippen LogP) is 3.23. The maximum Gasteiger partial charge on any atom is 0.164 e. The van der Waals surface area contributed by atoms with E-state index in [-0.39, 0.29) is 18.0 Å². The molecule has 0 saturated heterocycles. The molecular formula is C17H14N4O2S. The van der Waals surface area contributed by atoms with Crippen molar-refractivity contribution in [3.05, 3.63) is 52.9 Å². The Morgan fingerprint density at radius 1 is 1.33 bits per heavy atom. The minimum atomic E-state index is -0.984. The van der Waals surface area contributed by atoms with Gasteiger partial charge in [0.2, 0.25) is 0 Å². The minimum absolute atomic E-state index is 0.0723. The fourth-order valence-electron chi connectivity index (χ4n) is 2.34. The van der Waals surface area contributed by atoms with E-state index in [1.165, 1.54) is 11.3 Å². The standard InChI is InChI=1S/C17H14N4O2S/c1-10-5-11(2)20-16(19-10)14(7-18)15(22)6-13-9-24-17(21-13)12-3-4-23-8-12/h3-5,8-9,14H,6H2,1-2H3/t14-/m0/s1. The monoisotopic (exact) mass is 338 g/mol. The lowest BCUT2D eigenvalue weighted by Gasteiger charge is -2.07. The summed E-state index contributed by atoms with van der Waals surface area (Å²) in [5, 5.41) is 12.0. The molecular weight excluding hydrogens is 324 g/mol.